The first-order valence-corrected chi connectivity index (χ1v) is 6.08. The number of rotatable bonds is 5. The van der Waals surface area contributed by atoms with Crippen molar-refractivity contribution >= 4 is 23.3 Å². The molecule has 0 aliphatic carbocycles. The predicted molar refractivity (Wildman–Crippen MR) is 70.4 cm³/mol. The van der Waals surface area contributed by atoms with Crippen LogP contribution in [0.4, 0.5) is 5.82 Å². The molecule has 18 heavy (non-hydrogen) atoms. The van der Waals surface area contributed by atoms with Crippen molar-refractivity contribution < 1.29 is 4.79 Å². The molecule has 0 atom stereocenters. The number of nitrogens with one attached hydrogen (secondary N) is 1. The minimum absolute atomic E-state index is 0.00439. The van der Waals surface area contributed by atoms with Gasteiger partial charge in [0.25, 0.3) is 0 Å². The van der Waals surface area contributed by atoms with E-state index in [-0.39, 0.29) is 18.1 Å². The zero-order valence-electron chi connectivity index (χ0n) is 10.4. The molecule has 0 bridgehead atoms. The third kappa shape index (κ3) is 3.60. The van der Waals surface area contributed by atoms with Crippen molar-refractivity contribution in [3.8, 4) is 6.07 Å². The number of halogens is 1. The zero-order valence-corrected chi connectivity index (χ0v) is 11.2. The molecule has 0 saturated carbocycles. The van der Waals surface area contributed by atoms with Crippen LogP contribution in [-0.4, -0.2) is 35.4 Å². The van der Waals surface area contributed by atoms with E-state index in [1.54, 1.807) is 17.0 Å². The lowest BCUT2D eigenvalue weighted by Gasteiger charge is -2.18. The van der Waals surface area contributed by atoms with E-state index in [1.807, 2.05) is 19.9 Å². The maximum absolute atomic E-state index is 11.7. The smallest absolute Gasteiger partial charge is 0.241 e. The van der Waals surface area contributed by atoms with E-state index in [2.05, 4.69) is 10.3 Å². The number of nitrogens with zero attached hydrogens (tertiary/aromatic N) is 3. The van der Waals surface area contributed by atoms with E-state index in [0.717, 1.165) is 0 Å². The molecule has 0 aliphatic rings. The van der Waals surface area contributed by atoms with Gasteiger partial charge in [0.05, 0.1) is 11.6 Å². The predicted octanol–water partition coefficient (Wildman–Crippen LogP) is 1.89. The Labute approximate surface area is 111 Å². The molecule has 1 N–H and O–H groups in total. The largest absolute Gasteiger partial charge is 0.361 e. The molecule has 0 saturated heterocycles. The second-order valence-corrected chi connectivity index (χ2v) is 3.97. The van der Waals surface area contributed by atoms with Crippen LogP contribution in [0.3, 0.4) is 0 Å². The summed E-state index contributed by atoms with van der Waals surface area (Å²) in [5, 5.41) is 12.0. The molecule has 5 nitrogen and oxygen atoms in total. The Morgan fingerprint density at radius 1 is 1.50 bits per heavy atom. The molecule has 1 heterocycles. The molecule has 0 unspecified atom stereocenters. The number of pyridine rings is 1. The fraction of sp³-hybridized carbons (Fsp3) is 0.417. The van der Waals surface area contributed by atoms with Gasteiger partial charge in [0.2, 0.25) is 5.91 Å². The maximum Gasteiger partial charge on any atom is 0.241 e. The summed E-state index contributed by atoms with van der Waals surface area (Å²) < 4.78 is 0. The second-order valence-electron chi connectivity index (χ2n) is 3.56. The van der Waals surface area contributed by atoms with Gasteiger partial charge in [-0.25, -0.2) is 4.98 Å². The van der Waals surface area contributed by atoms with Crippen LogP contribution in [0.25, 0.3) is 0 Å². The van der Waals surface area contributed by atoms with Crippen LogP contribution in [0.1, 0.15) is 19.5 Å². The highest BCUT2D eigenvalue weighted by Gasteiger charge is 2.09. The van der Waals surface area contributed by atoms with E-state index >= 15 is 0 Å². The summed E-state index contributed by atoms with van der Waals surface area (Å²) in [6.45, 7) is 5.36. The van der Waals surface area contributed by atoms with E-state index in [4.69, 9.17) is 16.9 Å². The van der Waals surface area contributed by atoms with Gasteiger partial charge in [0.1, 0.15) is 11.9 Å². The Kier molecular flexibility index (Phi) is 5.40. The number of carbonyl (C=O) groups excluding carboxylic acids is 1. The summed E-state index contributed by atoms with van der Waals surface area (Å²) in [5.41, 5.74) is 0.150. The lowest BCUT2D eigenvalue weighted by Crippen LogP contribution is -2.35. The Bertz CT molecular complexity index is 466. The molecule has 96 valence electrons. The number of nitriles is 1. The number of carbonyl (C=O) groups is 1. The summed E-state index contributed by atoms with van der Waals surface area (Å²) >= 11 is 5.77. The summed E-state index contributed by atoms with van der Waals surface area (Å²) in [7, 11) is 0. The number of anilines is 1. The van der Waals surface area contributed by atoms with E-state index in [9.17, 15) is 4.79 Å². The molecule has 1 aromatic rings. The molecular formula is C12H15ClN4O. The summed E-state index contributed by atoms with van der Waals surface area (Å²) in [6, 6.07) is 5.11. The highest BCUT2D eigenvalue weighted by molar-refractivity contribution is 6.31. The standard InChI is InChI=1S/C12H15ClN4O/c1-3-17(4-2)12(18)8-15-11-6-5-9(13)10(7-14)16-11/h5-6H,3-4,8H2,1-2H3,(H,15,16). The maximum atomic E-state index is 11.7. The van der Waals surface area contributed by atoms with Gasteiger partial charge >= 0.3 is 0 Å². The topological polar surface area (TPSA) is 69.0 Å². The summed E-state index contributed by atoms with van der Waals surface area (Å²) in [5.74, 6) is 0.465. The van der Waals surface area contributed by atoms with Crippen LogP contribution in [-0.2, 0) is 4.79 Å². The number of hydrogen-bond donors (Lipinski definition) is 1. The van der Waals surface area contributed by atoms with E-state index in [0.29, 0.717) is 23.9 Å². The molecule has 6 heteroatoms. The monoisotopic (exact) mass is 266 g/mol. The van der Waals surface area contributed by atoms with Crippen molar-refractivity contribution in [1.29, 1.82) is 5.26 Å². The second kappa shape index (κ2) is 6.82. The van der Waals surface area contributed by atoms with Crippen molar-refractivity contribution in [2.24, 2.45) is 0 Å². The Balaban J connectivity index is 2.64. The van der Waals surface area contributed by atoms with Crippen LogP contribution in [0.2, 0.25) is 5.02 Å². The Morgan fingerprint density at radius 3 is 2.72 bits per heavy atom. The highest BCUT2D eigenvalue weighted by Crippen LogP contribution is 2.15. The first kappa shape index (κ1) is 14.3. The number of amides is 1. The lowest BCUT2D eigenvalue weighted by molar-refractivity contribution is -0.128. The van der Waals surface area contributed by atoms with Gasteiger partial charge < -0.3 is 10.2 Å². The van der Waals surface area contributed by atoms with Crippen LogP contribution in [0.15, 0.2) is 12.1 Å². The third-order valence-corrected chi connectivity index (χ3v) is 2.79. The number of hydrogen-bond acceptors (Lipinski definition) is 4. The molecule has 1 aromatic heterocycles. The van der Waals surface area contributed by atoms with E-state index < -0.39 is 0 Å². The quantitative estimate of drug-likeness (QED) is 0.884. The minimum Gasteiger partial charge on any atom is -0.361 e. The average molecular weight is 267 g/mol. The third-order valence-electron chi connectivity index (χ3n) is 2.49. The SMILES string of the molecule is CCN(CC)C(=O)CNc1ccc(Cl)c(C#N)n1. The van der Waals surface area contributed by atoms with E-state index in [1.165, 1.54) is 0 Å². The minimum atomic E-state index is -0.00439. The molecule has 1 amide bonds. The lowest BCUT2D eigenvalue weighted by atomic mass is 10.3. The van der Waals surface area contributed by atoms with Crippen molar-refractivity contribution in [3.05, 3.63) is 22.8 Å². The number of likely N-dealkylation sites (N-methyl/N-ethyl adjacent to an activating group) is 1. The van der Waals surface area contributed by atoms with Crippen molar-refractivity contribution in [1.82, 2.24) is 9.88 Å². The van der Waals surface area contributed by atoms with Crippen molar-refractivity contribution in [2.75, 3.05) is 25.0 Å². The molecule has 0 aromatic carbocycles. The van der Waals surface area contributed by atoms with Crippen LogP contribution >= 0.6 is 11.6 Å². The fourth-order valence-corrected chi connectivity index (χ4v) is 1.62. The molecule has 0 spiro atoms. The number of aromatic nitrogens is 1. The molecular weight excluding hydrogens is 252 g/mol. The van der Waals surface area contributed by atoms with Gasteiger partial charge in [-0.05, 0) is 26.0 Å². The average Bonchev–Trinajstić information content (AvgIpc) is 2.39. The summed E-state index contributed by atoms with van der Waals surface area (Å²) in [4.78, 5) is 17.5. The van der Waals surface area contributed by atoms with Crippen LogP contribution < -0.4 is 5.32 Å². The van der Waals surface area contributed by atoms with Crippen molar-refractivity contribution in [3.63, 3.8) is 0 Å². The van der Waals surface area contributed by atoms with Gasteiger partial charge in [-0.2, -0.15) is 5.26 Å². The highest BCUT2D eigenvalue weighted by atomic mass is 35.5. The van der Waals surface area contributed by atoms with Crippen molar-refractivity contribution in [2.45, 2.75) is 13.8 Å². The Hall–Kier alpha value is -1.80. The first-order valence-electron chi connectivity index (χ1n) is 5.70. The zero-order chi connectivity index (χ0) is 13.5. The van der Waals surface area contributed by atoms with Gasteiger partial charge in [-0.15, -0.1) is 0 Å². The normalized spacial score (nSPS) is 9.67. The molecule has 1 rings (SSSR count). The first-order chi connectivity index (χ1) is 8.62. The Morgan fingerprint density at radius 2 is 2.17 bits per heavy atom. The van der Waals surface area contributed by atoms with Gasteiger partial charge in [0, 0.05) is 13.1 Å². The fourth-order valence-electron chi connectivity index (χ4n) is 1.47. The molecule has 0 radical (unpaired) electrons. The summed E-state index contributed by atoms with van der Waals surface area (Å²) in [6.07, 6.45) is 0. The van der Waals surface area contributed by atoms with Gasteiger partial charge in [-0.1, -0.05) is 11.6 Å². The molecule has 0 aliphatic heterocycles. The molecule has 0 fully saturated rings. The van der Waals surface area contributed by atoms with Gasteiger partial charge in [0.15, 0.2) is 5.69 Å². The van der Waals surface area contributed by atoms with Crippen LogP contribution in [0, 0.1) is 11.3 Å². The van der Waals surface area contributed by atoms with Gasteiger partial charge in [-0.3, -0.25) is 4.79 Å². The van der Waals surface area contributed by atoms with Crippen LogP contribution in [0.5, 0.6) is 0 Å².